The van der Waals surface area contributed by atoms with Gasteiger partial charge in [0.05, 0.1) is 11.5 Å². The summed E-state index contributed by atoms with van der Waals surface area (Å²) in [5.41, 5.74) is 0. The lowest BCUT2D eigenvalue weighted by atomic mass is 10.1. The molecular formula is C12H26N2O2S. The molecule has 102 valence electrons. The molecule has 0 spiro atoms. The van der Waals surface area contributed by atoms with Crippen LogP contribution in [0, 0.1) is 0 Å². The normalized spacial score (nSPS) is 25.6. The average molecular weight is 262 g/mol. The Morgan fingerprint density at radius 2 is 2.06 bits per heavy atom. The molecule has 2 unspecified atom stereocenters. The van der Waals surface area contributed by atoms with Gasteiger partial charge in [-0.3, -0.25) is 4.90 Å². The van der Waals surface area contributed by atoms with Crippen molar-refractivity contribution in [3.05, 3.63) is 0 Å². The van der Waals surface area contributed by atoms with Gasteiger partial charge < -0.3 is 5.32 Å². The Morgan fingerprint density at radius 3 is 2.47 bits per heavy atom. The quantitative estimate of drug-likeness (QED) is 0.772. The second-order valence-corrected chi connectivity index (χ2v) is 7.58. The van der Waals surface area contributed by atoms with Gasteiger partial charge in [0.25, 0.3) is 0 Å². The van der Waals surface area contributed by atoms with E-state index in [1.165, 1.54) is 0 Å². The van der Waals surface area contributed by atoms with Gasteiger partial charge in [-0.1, -0.05) is 20.8 Å². The van der Waals surface area contributed by atoms with Crippen LogP contribution < -0.4 is 5.32 Å². The van der Waals surface area contributed by atoms with Crippen molar-refractivity contribution < 1.29 is 8.42 Å². The van der Waals surface area contributed by atoms with E-state index in [0.29, 0.717) is 23.6 Å². The van der Waals surface area contributed by atoms with Gasteiger partial charge in [0.2, 0.25) is 0 Å². The lowest BCUT2D eigenvalue weighted by Crippen LogP contribution is -2.46. The highest BCUT2D eigenvalue weighted by Crippen LogP contribution is 2.19. The average Bonchev–Trinajstić information content (AvgIpc) is 2.59. The summed E-state index contributed by atoms with van der Waals surface area (Å²) < 4.78 is 23.0. The molecule has 0 aromatic rings. The van der Waals surface area contributed by atoms with Crippen LogP contribution >= 0.6 is 0 Å². The summed E-state index contributed by atoms with van der Waals surface area (Å²) in [6, 6.07) is 1.11. The van der Waals surface area contributed by atoms with E-state index in [9.17, 15) is 8.42 Å². The first-order chi connectivity index (χ1) is 7.85. The zero-order valence-corrected chi connectivity index (χ0v) is 12.3. The molecule has 1 saturated heterocycles. The minimum absolute atomic E-state index is 0.207. The summed E-state index contributed by atoms with van der Waals surface area (Å²) >= 11 is 0. The molecule has 1 aliphatic rings. The van der Waals surface area contributed by atoms with Gasteiger partial charge in [-0.15, -0.1) is 0 Å². The smallest absolute Gasteiger partial charge is 0.151 e. The first-order valence-electron chi connectivity index (χ1n) is 6.51. The van der Waals surface area contributed by atoms with Gasteiger partial charge in [0.15, 0.2) is 9.84 Å². The summed E-state index contributed by atoms with van der Waals surface area (Å²) in [5, 5.41) is 3.43. The van der Waals surface area contributed by atoms with Crippen molar-refractivity contribution in [3.8, 4) is 0 Å². The Kier molecular flexibility index (Phi) is 5.41. The second kappa shape index (κ2) is 6.16. The highest BCUT2D eigenvalue weighted by molar-refractivity contribution is 7.91. The third-order valence-electron chi connectivity index (χ3n) is 3.59. The standard InChI is InChI=1S/C12H26N2O2S/c1-5-11(8-13-10(2)3)14(4)12-6-7-17(15,16)9-12/h10-13H,5-9H2,1-4H3. The predicted octanol–water partition coefficient (Wildman–Crippen LogP) is 0.882. The molecule has 1 rings (SSSR count). The number of likely N-dealkylation sites (N-methyl/N-ethyl adjacent to an activating group) is 1. The first kappa shape index (κ1) is 14.9. The highest BCUT2D eigenvalue weighted by Gasteiger charge is 2.32. The Morgan fingerprint density at radius 1 is 1.41 bits per heavy atom. The van der Waals surface area contributed by atoms with Crippen LogP contribution in [0.1, 0.15) is 33.6 Å². The van der Waals surface area contributed by atoms with Crippen molar-refractivity contribution in [1.82, 2.24) is 10.2 Å². The first-order valence-corrected chi connectivity index (χ1v) is 8.33. The molecule has 0 amide bonds. The van der Waals surface area contributed by atoms with Crippen LogP contribution in [0.5, 0.6) is 0 Å². The zero-order valence-electron chi connectivity index (χ0n) is 11.4. The molecule has 5 heteroatoms. The Hall–Kier alpha value is -0.130. The summed E-state index contributed by atoms with van der Waals surface area (Å²) in [4.78, 5) is 2.25. The topological polar surface area (TPSA) is 49.4 Å². The molecule has 1 fully saturated rings. The minimum atomic E-state index is -2.78. The molecule has 0 aromatic carbocycles. The van der Waals surface area contributed by atoms with E-state index < -0.39 is 9.84 Å². The van der Waals surface area contributed by atoms with Crippen LogP contribution in [0.25, 0.3) is 0 Å². The number of rotatable bonds is 6. The van der Waals surface area contributed by atoms with Gasteiger partial charge >= 0.3 is 0 Å². The number of hydrogen-bond donors (Lipinski definition) is 1. The molecule has 17 heavy (non-hydrogen) atoms. The Bertz CT molecular complexity index is 327. The van der Waals surface area contributed by atoms with E-state index in [0.717, 1.165) is 19.4 Å². The monoisotopic (exact) mass is 262 g/mol. The fraction of sp³-hybridized carbons (Fsp3) is 1.00. The molecule has 1 N–H and O–H groups in total. The van der Waals surface area contributed by atoms with Gasteiger partial charge in [0, 0.05) is 24.7 Å². The van der Waals surface area contributed by atoms with Gasteiger partial charge in [0.1, 0.15) is 0 Å². The molecule has 4 nitrogen and oxygen atoms in total. The number of sulfone groups is 1. The van der Waals surface area contributed by atoms with Crippen LogP contribution in [-0.2, 0) is 9.84 Å². The van der Waals surface area contributed by atoms with Crippen molar-refractivity contribution >= 4 is 9.84 Å². The Labute approximate surface area is 106 Å². The summed E-state index contributed by atoms with van der Waals surface area (Å²) in [7, 11) is -0.718. The van der Waals surface area contributed by atoms with Gasteiger partial charge in [-0.05, 0) is 19.9 Å². The molecule has 2 atom stereocenters. The van der Waals surface area contributed by atoms with E-state index in [4.69, 9.17) is 0 Å². The third kappa shape index (κ3) is 4.56. The summed E-state index contributed by atoms with van der Waals surface area (Å²) in [6.07, 6.45) is 1.84. The molecule has 0 radical (unpaired) electrons. The lowest BCUT2D eigenvalue weighted by molar-refractivity contribution is 0.176. The van der Waals surface area contributed by atoms with Crippen LogP contribution in [0.15, 0.2) is 0 Å². The van der Waals surface area contributed by atoms with E-state index in [1.54, 1.807) is 0 Å². The largest absolute Gasteiger partial charge is 0.313 e. The maximum absolute atomic E-state index is 11.5. The lowest BCUT2D eigenvalue weighted by Gasteiger charge is -2.32. The molecule has 1 heterocycles. The number of nitrogens with one attached hydrogen (secondary N) is 1. The summed E-state index contributed by atoms with van der Waals surface area (Å²) in [6.45, 7) is 7.35. The molecule has 0 saturated carbocycles. The minimum Gasteiger partial charge on any atom is -0.313 e. The van der Waals surface area contributed by atoms with Crippen LogP contribution in [-0.4, -0.2) is 56.5 Å². The van der Waals surface area contributed by atoms with E-state index in [2.05, 4.69) is 38.0 Å². The molecule has 0 aliphatic carbocycles. The van der Waals surface area contributed by atoms with Crippen molar-refractivity contribution in [1.29, 1.82) is 0 Å². The second-order valence-electron chi connectivity index (χ2n) is 5.35. The predicted molar refractivity (Wildman–Crippen MR) is 72.0 cm³/mol. The van der Waals surface area contributed by atoms with Gasteiger partial charge in [-0.2, -0.15) is 0 Å². The van der Waals surface area contributed by atoms with Crippen LogP contribution in [0.3, 0.4) is 0 Å². The van der Waals surface area contributed by atoms with Crippen molar-refractivity contribution in [2.24, 2.45) is 0 Å². The Balaban J connectivity index is 2.51. The third-order valence-corrected chi connectivity index (χ3v) is 5.34. The van der Waals surface area contributed by atoms with Crippen molar-refractivity contribution in [3.63, 3.8) is 0 Å². The van der Waals surface area contributed by atoms with Crippen LogP contribution in [0.4, 0.5) is 0 Å². The number of hydrogen-bond acceptors (Lipinski definition) is 4. The maximum atomic E-state index is 11.5. The van der Waals surface area contributed by atoms with Gasteiger partial charge in [-0.25, -0.2) is 8.42 Å². The molecule has 1 aliphatic heterocycles. The fourth-order valence-corrected chi connectivity index (χ4v) is 4.13. The van der Waals surface area contributed by atoms with E-state index >= 15 is 0 Å². The van der Waals surface area contributed by atoms with E-state index in [-0.39, 0.29) is 6.04 Å². The molecule has 0 bridgehead atoms. The maximum Gasteiger partial charge on any atom is 0.151 e. The van der Waals surface area contributed by atoms with Crippen LogP contribution in [0.2, 0.25) is 0 Å². The molecule has 0 aromatic heterocycles. The SMILES string of the molecule is CCC(CNC(C)C)N(C)C1CCS(=O)(=O)C1. The zero-order chi connectivity index (χ0) is 13.1. The van der Waals surface area contributed by atoms with E-state index in [1.807, 2.05) is 0 Å². The number of nitrogens with zero attached hydrogens (tertiary/aromatic N) is 1. The van der Waals surface area contributed by atoms with Crippen molar-refractivity contribution in [2.45, 2.75) is 51.7 Å². The van der Waals surface area contributed by atoms with Crippen molar-refractivity contribution in [2.75, 3.05) is 25.1 Å². The fourth-order valence-electron chi connectivity index (χ4n) is 2.34. The molecular weight excluding hydrogens is 236 g/mol. The summed E-state index contributed by atoms with van der Waals surface area (Å²) in [5.74, 6) is 0.692. The highest BCUT2D eigenvalue weighted by atomic mass is 32.2.